The van der Waals surface area contributed by atoms with E-state index >= 15 is 0 Å². The minimum absolute atomic E-state index is 0.000987. The quantitative estimate of drug-likeness (QED) is 0.0141. The van der Waals surface area contributed by atoms with Gasteiger partial charge in [-0.15, -0.1) is 0 Å². The second-order valence-corrected chi connectivity index (χ2v) is 41.8. The molecule has 5 aromatic heterocycles. The lowest BCUT2D eigenvalue weighted by Gasteiger charge is -2.51. The summed E-state index contributed by atoms with van der Waals surface area (Å²) in [6.45, 7) is 21.4. The molecule has 756 valence electrons. The summed E-state index contributed by atoms with van der Waals surface area (Å²) in [6, 6.07) is 33.7. The summed E-state index contributed by atoms with van der Waals surface area (Å²) in [5.41, 5.74) is 23.8. The average molecular weight is 1970 g/mol. The highest BCUT2D eigenvalue weighted by molar-refractivity contribution is 6.31. The molecule has 5 saturated heterocycles. The number of esters is 4. The molecule has 10 aromatic rings. The molecule has 15 aliphatic heterocycles. The molecule has 9 N–H and O–H groups in total. The maximum Gasteiger partial charge on any atom is 0.337 e. The average Bonchev–Trinajstić information content (AvgIpc) is 1.65. The second kappa shape index (κ2) is 40.1. The number of carboxylic acid groups (broad SMARTS) is 1. The van der Waals surface area contributed by atoms with Crippen LogP contribution in [0.1, 0.15) is 173 Å². The molecule has 1 amide bonds. The molecule has 21 atom stereocenters. The maximum atomic E-state index is 12.8. The number of fused-ring (bicyclic) bond motifs is 30. The van der Waals surface area contributed by atoms with E-state index in [9.17, 15) is 33.9 Å². The number of carboxylic acids is 1. The predicted molar refractivity (Wildman–Crippen MR) is 538 cm³/mol. The van der Waals surface area contributed by atoms with Gasteiger partial charge >= 0.3 is 29.8 Å². The molecule has 31 nitrogen and oxygen atoms in total. The second-order valence-electron chi connectivity index (χ2n) is 41.4. The molecule has 5 aromatic carbocycles. The number of unbranched alkanes of at least 4 members (excludes halogenated alkanes) is 1. The number of para-hydroxylation sites is 2. The van der Waals surface area contributed by atoms with Crippen molar-refractivity contribution in [1.29, 1.82) is 0 Å². The molecule has 20 heterocycles. The first kappa shape index (κ1) is 96.9. The van der Waals surface area contributed by atoms with Gasteiger partial charge in [0.15, 0.2) is 11.5 Å². The number of halogens is 1. The molecule has 143 heavy (non-hydrogen) atoms. The zero-order chi connectivity index (χ0) is 99.4. The van der Waals surface area contributed by atoms with Crippen molar-refractivity contribution in [2.75, 3.05) is 108 Å². The molecule has 0 unspecified atom stereocenters. The van der Waals surface area contributed by atoms with Crippen molar-refractivity contribution in [3.8, 4) is 17.2 Å². The lowest BCUT2D eigenvalue weighted by molar-refractivity contribution is -0.153. The van der Waals surface area contributed by atoms with Crippen molar-refractivity contribution >= 4 is 102 Å². The number of hydrazine groups is 1. The third kappa shape index (κ3) is 17.5. The number of nitrogens with one attached hydrogen (secondary N) is 6. The Bertz CT molecular complexity index is 6760. The number of amides is 1. The molecular weight excluding hydrogens is 1840 g/mol. The number of nitrogens with two attached hydrogens (primary N) is 1. The molecule has 0 radical (unpaired) electrons. The van der Waals surface area contributed by atoms with E-state index in [0.29, 0.717) is 77.8 Å². The summed E-state index contributed by atoms with van der Waals surface area (Å²) in [7, 11) is 9.27. The first-order valence-corrected chi connectivity index (χ1v) is 51.4. The van der Waals surface area contributed by atoms with Gasteiger partial charge in [-0.25, -0.2) is 25.0 Å². The Morgan fingerprint density at radius 1 is 0.420 bits per heavy atom. The minimum Gasteiger partial charge on any atom is -0.497 e. The van der Waals surface area contributed by atoms with E-state index in [2.05, 4.69) is 143 Å². The topological polar surface area (TPSA) is 367 Å². The maximum absolute atomic E-state index is 12.8. The zero-order valence-corrected chi connectivity index (χ0v) is 84.0. The van der Waals surface area contributed by atoms with Gasteiger partial charge in [0.05, 0.1) is 169 Å². The number of aliphatic carboxylic acids is 1. The molecule has 32 heteroatoms. The molecule has 25 rings (SSSR count). The number of rotatable bonds is 12. The van der Waals surface area contributed by atoms with Crippen LogP contribution in [0.5, 0.6) is 17.2 Å². The van der Waals surface area contributed by atoms with Gasteiger partial charge < -0.3 is 86.9 Å². The molecule has 0 bridgehead atoms. The SMILES string of the molecule is CCCCOC(=O)C1=CO[C@@H](C)[C@H]2CN3CCc4c([nH]c5ccccc45)[C@@H]3C[C@H]12.COC(=O)C1=CO[C@@H](C)[C@@H]2CN3[C@H](C(=O)OC)Cc4c([nH]c5ccccc45)[C@@H]3C[C@H]12.COC(=O)C1=CO[C@@H](C)[C@H]2CN3CCc4c([nH]c5ccc(Cl)cc45)[C@@H]3C[C@H]12.COc1cc2[nH]c3c(c2cc1OC)CCN1C[C@H]2[C@H](C)OC=C(C(=O)O)[C@H]2C[C@H]31.COc1ccc2[nH]c3c(c2c1)CCN1C[C@@H]2[C@H](C)OC=C(C(=O)NN)[C@H]2C[C@@H]31. The number of piperidine rings is 5. The number of hydrogen-bond donors (Lipinski definition) is 8. The standard InChI is InChI=1S/C24H30N2O3.C23H26N2O5.C22H26N2O5.C21H23ClN2O3.C21H26N4O3/c1-3-4-11-28-24(27)20-14-29-15(2)19-13-26-10-9-17-16-7-5-6-8-21(16)25-23(17)22(26)12-18(19)20;1-12-16-10-25-19(8-14(16)17(11-30-12)22(26)28-2)21-15(9-20(25)23(27)29-3)13-6-4-5-7-18(13)24-21;1-11-15-9-24-5-4-12-14-7-19(27-2)20(28-3)8-17(14)23-21(12)18(24)6-13(15)16(10-29-11)22(25)26;1-11-16-9-24-6-5-13-15-7-12(22)3-4-18(15)23-20(13)19(24)8-14(16)17(10-27-11)21(25)26-2;1-11-16-9-25-6-5-13-15-7-12(27-2)3-4-18(15)23-20(13)19(25)8-14(16)17(10-28-11)21(26)24-22/h5-8,14-15,18-19,22,25H,3-4,9-13H2,1-2H3;4-7,11-12,14,16,19-20,24H,8-10H2,1-3H3;7-8,10-11,13,15,18,23H,4-6,9H2,1-3H3,(H,25,26);3-4,7,10-11,14,16,19,23H,5-6,8-9H2,1-2H3;3-4,7,10-11,14,16,19,23H,5-6,8-9,22H2,1-2H3,(H,24,26)/t15-,18-,19+,22-;12-,14-,16-,19-,20-;11-,13-,15-,18+;2*11-,14-,16+,19-/m00000/s1. The first-order chi connectivity index (χ1) is 69.4. The Morgan fingerprint density at radius 3 is 1.24 bits per heavy atom. The van der Waals surface area contributed by atoms with Crippen LogP contribution >= 0.6 is 11.6 Å². The van der Waals surface area contributed by atoms with Crippen LogP contribution in [0.2, 0.25) is 5.02 Å². The van der Waals surface area contributed by atoms with Crippen LogP contribution in [-0.4, -0.2) is 235 Å². The summed E-state index contributed by atoms with van der Waals surface area (Å²) in [5, 5.41) is 16.6. The largest absolute Gasteiger partial charge is 0.497 e. The molecule has 0 aliphatic carbocycles. The van der Waals surface area contributed by atoms with Gasteiger partial charge in [0, 0.05) is 219 Å². The van der Waals surface area contributed by atoms with Gasteiger partial charge in [-0.3, -0.25) is 39.5 Å². The number of aromatic amines is 5. The van der Waals surface area contributed by atoms with Crippen molar-refractivity contribution in [1.82, 2.24) is 54.8 Å². The van der Waals surface area contributed by atoms with Crippen LogP contribution in [0, 0.1) is 59.2 Å². The summed E-state index contributed by atoms with van der Waals surface area (Å²) >= 11 is 6.24. The van der Waals surface area contributed by atoms with Crippen molar-refractivity contribution in [2.45, 2.75) is 185 Å². The van der Waals surface area contributed by atoms with Crippen LogP contribution in [0.25, 0.3) is 54.5 Å². The van der Waals surface area contributed by atoms with Gasteiger partial charge in [0.25, 0.3) is 5.91 Å². The minimum atomic E-state index is -0.873. The van der Waals surface area contributed by atoms with E-state index in [1.807, 2.05) is 50.2 Å². The lowest BCUT2D eigenvalue weighted by Crippen LogP contribution is -2.57. The fourth-order valence-electron chi connectivity index (χ4n) is 27.0. The lowest BCUT2D eigenvalue weighted by atomic mass is 9.71. The summed E-state index contributed by atoms with van der Waals surface area (Å²) in [6.07, 6.45) is 19.1. The Kier molecular flexibility index (Phi) is 27.1. The van der Waals surface area contributed by atoms with Crippen molar-refractivity contribution < 1.29 is 90.7 Å². The third-order valence-corrected chi connectivity index (χ3v) is 34.8. The molecule has 15 aliphatic rings. The summed E-state index contributed by atoms with van der Waals surface area (Å²) < 4.78 is 66.0. The van der Waals surface area contributed by atoms with Crippen molar-refractivity contribution in [2.24, 2.45) is 65.0 Å². The highest BCUT2D eigenvalue weighted by Crippen LogP contribution is 2.56. The van der Waals surface area contributed by atoms with Crippen LogP contribution in [0.15, 0.2) is 156 Å². The molecular formula is C111H131ClN12O19. The molecule has 0 saturated carbocycles. The first-order valence-electron chi connectivity index (χ1n) is 51.0. The van der Waals surface area contributed by atoms with E-state index in [-0.39, 0.29) is 132 Å². The highest BCUT2D eigenvalue weighted by atomic mass is 35.5. The van der Waals surface area contributed by atoms with E-state index in [1.54, 1.807) is 46.4 Å². The number of nitrogens with zero attached hydrogens (tertiary/aromatic N) is 5. The monoisotopic (exact) mass is 1970 g/mol. The Hall–Kier alpha value is -12.2. The number of benzene rings is 5. The van der Waals surface area contributed by atoms with Crippen molar-refractivity contribution in [3.05, 3.63) is 218 Å². The zero-order valence-electron chi connectivity index (χ0n) is 83.3. The Labute approximate surface area is 836 Å². The van der Waals surface area contributed by atoms with E-state index < -0.39 is 5.97 Å². The van der Waals surface area contributed by atoms with Gasteiger partial charge in [0.1, 0.15) is 11.8 Å². The molecule has 5 fully saturated rings. The number of aromatic nitrogens is 5. The van der Waals surface area contributed by atoms with Crippen LogP contribution in [-0.2, 0) is 104 Å². The number of methoxy groups -OCH3 is 6. The van der Waals surface area contributed by atoms with Crippen LogP contribution in [0.4, 0.5) is 0 Å². The summed E-state index contributed by atoms with van der Waals surface area (Å²) in [5.74, 6) is 7.30. The summed E-state index contributed by atoms with van der Waals surface area (Å²) in [4.78, 5) is 105. The number of hydrogen-bond acceptors (Lipinski definition) is 24. The predicted octanol–water partition coefficient (Wildman–Crippen LogP) is 16.0. The van der Waals surface area contributed by atoms with Crippen molar-refractivity contribution in [3.63, 3.8) is 0 Å². The smallest absolute Gasteiger partial charge is 0.337 e. The third-order valence-electron chi connectivity index (χ3n) is 34.6. The number of H-pyrrole nitrogens is 5. The number of carbonyl (C=O) groups excluding carboxylic acids is 5. The van der Waals surface area contributed by atoms with Crippen LogP contribution < -0.4 is 25.5 Å². The normalized spacial score (nSPS) is 29.4. The van der Waals surface area contributed by atoms with Gasteiger partial charge in [-0.2, -0.15) is 0 Å². The Balaban J connectivity index is 0.000000106. The Morgan fingerprint density at radius 2 is 0.797 bits per heavy atom. The molecule has 0 spiro atoms. The van der Waals surface area contributed by atoms with Crippen LogP contribution in [0.3, 0.4) is 0 Å². The number of ether oxygens (including phenoxy) is 12. The number of carbonyl (C=O) groups is 6. The fourth-order valence-corrected chi connectivity index (χ4v) is 27.2. The van der Waals surface area contributed by atoms with E-state index in [1.165, 1.54) is 99.9 Å². The van der Waals surface area contributed by atoms with E-state index in [0.717, 1.165) is 177 Å². The van der Waals surface area contributed by atoms with Gasteiger partial charge in [-0.05, 0) is 181 Å². The van der Waals surface area contributed by atoms with E-state index in [4.69, 9.17) is 74.3 Å². The fraction of sp³-hybridized carbons (Fsp3) is 0.495. The van der Waals surface area contributed by atoms with Gasteiger partial charge in [0.2, 0.25) is 0 Å². The van der Waals surface area contributed by atoms with Gasteiger partial charge in [-0.1, -0.05) is 61.3 Å². The highest BCUT2D eigenvalue weighted by Gasteiger charge is 2.55.